The van der Waals surface area contributed by atoms with Gasteiger partial charge in [-0.15, -0.1) is 0 Å². The standard InChI is InChI=1S/C18H25NO2/c1-14(7-8-15-5-3-2-4-6-15)13-18(21)19-16-9-11-17(20)12-10-16/h2-6,13,16-17,20H,7-12H2,1H3,(H,19,21). The van der Waals surface area contributed by atoms with Crippen LogP contribution in [0.5, 0.6) is 0 Å². The summed E-state index contributed by atoms with van der Waals surface area (Å²) in [5.41, 5.74) is 2.40. The number of allylic oxidation sites excluding steroid dienone is 1. The van der Waals surface area contributed by atoms with Crippen molar-refractivity contribution in [2.45, 2.75) is 57.6 Å². The van der Waals surface area contributed by atoms with Gasteiger partial charge in [0, 0.05) is 12.1 Å². The molecule has 0 aliphatic heterocycles. The molecule has 1 aliphatic rings. The third kappa shape index (κ3) is 5.72. The first-order valence-electron chi connectivity index (χ1n) is 7.83. The number of aliphatic hydroxyl groups is 1. The summed E-state index contributed by atoms with van der Waals surface area (Å²) in [6, 6.07) is 10.5. The van der Waals surface area contributed by atoms with E-state index in [1.807, 2.05) is 25.1 Å². The number of carbonyl (C=O) groups is 1. The Morgan fingerprint density at radius 2 is 1.90 bits per heavy atom. The molecule has 0 spiro atoms. The summed E-state index contributed by atoms with van der Waals surface area (Å²) >= 11 is 0. The van der Waals surface area contributed by atoms with Crippen LogP contribution in [0.2, 0.25) is 0 Å². The van der Waals surface area contributed by atoms with Crippen LogP contribution < -0.4 is 5.32 Å². The van der Waals surface area contributed by atoms with Crippen LogP contribution in [0, 0.1) is 0 Å². The molecule has 1 aliphatic carbocycles. The number of rotatable bonds is 5. The molecule has 1 fully saturated rings. The van der Waals surface area contributed by atoms with E-state index < -0.39 is 0 Å². The Bertz CT molecular complexity index is 473. The zero-order chi connectivity index (χ0) is 15.1. The molecule has 0 aromatic heterocycles. The highest BCUT2D eigenvalue weighted by molar-refractivity contribution is 5.88. The zero-order valence-corrected chi connectivity index (χ0v) is 12.7. The molecule has 21 heavy (non-hydrogen) atoms. The number of amides is 1. The molecule has 0 atom stereocenters. The molecule has 2 rings (SSSR count). The number of hydrogen-bond acceptors (Lipinski definition) is 2. The van der Waals surface area contributed by atoms with Crippen LogP contribution in [0.1, 0.15) is 44.6 Å². The second-order valence-electron chi connectivity index (χ2n) is 5.99. The van der Waals surface area contributed by atoms with E-state index in [1.54, 1.807) is 6.08 Å². The highest BCUT2D eigenvalue weighted by Gasteiger charge is 2.19. The summed E-state index contributed by atoms with van der Waals surface area (Å²) in [6.07, 6.45) is 6.75. The van der Waals surface area contributed by atoms with Crippen molar-refractivity contribution in [2.75, 3.05) is 0 Å². The highest BCUT2D eigenvalue weighted by atomic mass is 16.3. The van der Waals surface area contributed by atoms with Gasteiger partial charge in [-0.2, -0.15) is 0 Å². The third-order valence-electron chi connectivity index (χ3n) is 4.07. The van der Waals surface area contributed by atoms with Crippen LogP contribution >= 0.6 is 0 Å². The van der Waals surface area contributed by atoms with Gasteiger partial charge in [0.05, 0.1) is 6.10 Å². The maximum absolute atomic E-state index is 12.0. The van der Waals surface area contributed by atoms with E-state index in [9.17, 15) is 9.90 Å². The van der Waals surface area contributed by atoms with Crippen LogP contribution in [0.4, 0.5) is 0 Å². The van der Waals surface area contributed by atoms with E-state index in [0.29, 0.717) is 0 Å². The Labute approximate surface area is 127 Å². The molecule has 0 saturated heterocycles. The topological polar surface area (TPSA) is 49.3 Å². The molecule has 0 unspecified atom stereocenters. The lowest BCUT2D eigenvalue weighted by molar-refractivity contribution is -0.117. The van der Waals surface area contributed by atoms with Crippen molar-refractivity contribution in [3.05, 3.63) is 47.5 Å². The summed E-state index contributed by atoms with van der Waals surface area (Å²) < 4.78 is 0. The minimum absolute atomic E-state index is 0.00181. The fraction of sp³-hybridized carbons (Fsp3) is 0.500. The molecule has 0 heterocycles. The van der Waals surface area contributed by atoms with Crippen LogP contribution in [0.15, 0.2) is 42.0 Å². The molecule has 1 aromatic carbocycles. The van der Waals surface area contributed by atoms with Gasteiger partial charge in [-0.25, -0.2) is 0 Å². The Morgan fingerprint density at radius 3 is 2.57 bits per heavy atom. The zero-order valence-electron chi connectivity index (χ0n) is 12.7. The van der Waals surface area contributed by atoms with Gasteiger partial charge in [0.1, 0.15) is 0 Å². The molecule has 1 saturated carbocycles. The van der Waals surface area contributed by atoms with Crippen molar-refractivity contribution in [1.29, 1.82) is 0 Å². The molecule has 1 amide bonds. The normalized spacial score (nSPS) is 22.9. The molecule has 2 N–H and O–H groups in total. The molecule has 0 bridgehead atoms. The number of aryl methyl sites for hydroxylation is 1. The number of hydrogen-bond donors (Lipinski definition) is 2. The number of aliphatic hydroxyl groups excluding tert-OH is 1. The van der Waals surface area contributed by atoms with Gasteiger partial charge in [0.2, 0.25) is 5.91 Å². The predicted molar refractivity (Wildman–Crippen MR) is 84.9 cm³/mol. The molecule has 1 aromatic rings. The van der Waals surface area contributed by atoms with Gasteiger partial charge in [0.15, 0.2) is 0 Å². The smallest absolute Gasteiger partial charge is 0.244 e. The largest absolute Gasteiger partial charge is 0.393 e. The van der Waals surface area contributed by atoms with E-state index in [-0.39, 0.29) is 18.1 Å². The lowest BCUT2D eigenvalue weighted by Crippen LogP contribution is -2.37. The Morgan fingerprint density at radius 1 is 1.24 bits per heavy atom. The summed E-state index contributed by atoms with van der Waals surface area (Å²) in [6.45, 7) is 2.01. The van der Waals surface area contributed by atoms with Gasteiger partial charge < -0.3 is 10.4 Å². The van der Waals surface area contributed by atoms with Crippen LogP contribution in [0.3, 0.4) is 0 Å². The van der Waals surface area contributed by atoms with Crippen molar-refractivity contribution in [2.24, 2.45) is 0 Å². The van der Waals surface area contributed by atoms with Crippen LogP contribution in [-0.2, 0) is 11.2 Å². The second kappa shape index (κ2) is 7.99. The van der Waals surface area contributed by atoms with E-state index in [4.69, 9.17) is 0 Å². The van der Waals surface area contributed by atoms with Gasteiger partial charge in [0.25, 0.3) is 0 Å². The van der Waals surface area contributed by atoms with Crippen molar-refractivity contribution in [1.82, 2.24) is 5.32 Å². The maximum Gasteiger partial charge on any atom is 0.244 e. The summed E-state index contributed by atoms with van der Waals surface area (Å²) in [7, 11) is 0. The molecule has 114 valence electrons. The van der Waals surface area contributed by atoms with Gasteiger partial charge >= 0.3 is 0 Å². The molecular formula is C18H25NO2. The third-order valence-corrected chi connectivity index (χ3v) is 4.07. The SMILES string of the molecule is CC(=CC(=O)NC1CCC(O)CC1)CCc1ccccc1. The van der Waals surface area contributed by atoms with Gasteiger partial charge in [-0.1, -0.05) is 35.9 Å². The van der Waals surface area contributed by atoms with Gasteiger partial charge in [-0.3, -0.25) is 4.79 Å². The molecule has 3 heteroatoms. The van der Waals surface area contributed by atoms with Crippen molar-refractivity contribution >= 4 is 5.91 Å². The van der Waals surface area contributed by atoms with E-state index >= 15 is 0 Å². The van der Waals surface area contributed by atoms with E-state index in [2.05, 4.69) is 17.4 Å². The summed E-state index contributed by atoms with van der Waals surface area (Å²) in [5.74, 6) is 0.00181. The monoisotopic (exact) mass is 287 g/mol. The van der Waals surface area contributed by atoms with Crippen molar-refractivity contribution in [3.8, 4) is 0 Å². The molecular weight excluding hydrogens is 262 g/mol. The lowest BCUT2D eigenvalue weighted by Gasteiger charge is -2.25. The first kappa shape index (κ1) is 15.8. The Kier molecular flexibility index (Phi) is 6.00. The Hall–Kier alpha value is -1.61. The predicted octanol–water partition coefficient (Wildman–Crippen LogP) is 2.99. The average molecular weight is 287 g/mol. The van der Waals surface area contributed by atoms with Crippen molar-refractivity contribution < 1.29 is 9.90 Å². The quantitative estimate of drug-likeness (QED) is 0.818. The fourth-order valence-corrected chi connectivity index (χ4v) is 2.75. The Balaban J connectivity index is 1.74. The summed E-state index contributed by atoms with van der Waals surface area (Å²) in [4.78, 5) is 12.0. The fourth-order valence-electron chi connectivity index (χ4n) is 2.75. The average Bonchev–Trinajstić information content (AvgIpc) is 2.48. The number of nitrogens with one attached hydrogen (secondary N) is 1. The summed E-state index contributed by atoms with van der Waals surface area (Å²) in [5, 5.41) is 12.5. The molecule has 3 nitrogen and oxygen atoms in total. The van der Waals surface area contributed by atoms with Crippen molar-refractivity contribution in [3.63, 3.8) is 0 Å². The van der Waals surface area contributed by atoms with E-state index in [0.717, 1.165) is 44.1 Å². The minimum Gasteiger partial charge on any atom is -0.393 e. The highest BCUT2D eigenvalue weighted by Crippen LogP contribution is 2.18. The minimum atomic E-state index is -0.179. The van der Waals surface area contributed by atoms with Crippen LogP contribution in [-0.4, -0.2) is 23.2 Å². The first-order valence-corrected chi connectivity index (χ1v) is 7.83. The second-order valence-corrected chi connectivity index (χ2v) is 5.99. The lowest BCUT2D eigenvalue weighted by atomic mass is 9.93. The number of benzene rings is 1. The molecule has 0 radical (unpaired) electrons. The van der Waals surface area contributed by atoms with Gasteiger partial charge in [-0.05, 0) is 51.0 Å². The van der Waals surface area contributed by atoms with E-state index in [1.165, 1.54) is 5.56 Å². The first-order chi connectivity index (χ1) is 10.1. The maximum atomic E-state index is 12.0. The number of carbonyl (C=O) groups excluding carboxylic acids is 1. The van der Waals surface area contributed by atoms with Crippen LogP contribution in [0.25, 0.3) is 0 Å².